The van der Waals surface area contributed by atoms with Crippen molar-refractivity contribution in [3.63, 3.8) is 0 Å². The van der Waals surface area contributed by atoms with E-state index >= 15 is 0 Å². The molecule has 1 aromatic rings. The minimum Gasteiger partial charge on any atom is -0.347 e. The smallest absolute Gasteiger partial charge is 0.237 e. The Labute approximate surface area is 119 Å². The van der Waals surface area contributed by atoms with Crippen LogP contribution in [-0.4, -0.2) is 28.9 Å². The molecule has 0 spiro atoms. The molecule has 4 nitrogen and oxygen atoms in total. The summed E-state index contributed by atoms with van der Waals surface area (Å²) < 4.78 is 0. The maximum Gasteiger partial charge on any atom is 0.237 e. The molecule has 1 aromatic heterocycles. The fourth-order valence-corrected chi connectivity index (χ4v) is 1.89. The monoisotopic (exact) mass is 289 g/mol. The fourth-order valence-electron chi connectivity index (χ4n) is 1.40. The van der Waals surface area contributed by atoms with Crippen molar-refractivity contribution < 1.29 is 4.79 Å². The van der Waals surface area contributed by atoms with E-state index in [-0.39, 0.29) is 24.4 Å². The van der Waals surface area contributed by atoms with Crippen LogP contribution in [0, 0.1) is 0 Å². The molecule has 1 amide bonds. The molecule has 1 rings (SSSR count). The van der Waals surface area contributed by atoms with Gasteiger partial charge in [0.05, 0.1) is 17.8 Å². The minimum atomic E-state index is -0.436. The van der Waals surface area contributed by atoms with Crippen LogP contribution in [0.2, 0.25) is 0 Å². The molecule has 3 N–H and O–H groups in total. The highest BCUT2D eigenvalue weighted by molar-refractivity contribution is 7.98. The predicted molar refractivity (Wildman–Crippen MR) is 79.0 cm³/mol. The number of amides is 1. The number of nitrogens with two attached hydrogens (primary N) is 1. The van der Waals surface area contributed by atoms with E-state index in [9.17, 15) is 4.79 Å². The van der Waals surface area contributed by atoms with Crippen molar-refractivity contribution in [3.8, 4) is 0 Å². The third-order valence-electron chi connectivity index (χ3n) is 2.46. The van der Waals surface area contributed by atoms with Gasteiger partial charge in [0.25, 0.3) is 0 Å². The molecule has 2 atom stereocenters. The van der Waals surface area contributed by atoms with Crippen molar-refractivity contribution >= 4 is 30.1 Å². The number of halogens is 1. The molecule has 0 fully saturated rings. The lowest BCUT2D eigenvalue weighted by molar-refractivity contribution is -0.123. The molecule has 18 heavy (non-hydrogen) atoms. The van der Waals surface area contributed by atoms with Gasteiger partial charge in [0.2, 0.25) is 5.91 Å². The zero-order valence-electron chi connectivity index (χ0n) is 10.6. The number of hydrogen-bond donors (Lipinski definition) is 2. The van der Waals surface area contributed by atoms with Crippen molar-refractivity contribution in [2.75, 3.05) is 12.0 Å². The Morgan fingerprint density at radius 3 is 2.83 bits per heavy atom. The standard InChI is InChI=1S/C12H19N3OS.ClH/c1-9(11-5-3-4-7-14-11)15-12(16)10(13)6-8-17-2;/h3-5,7,9-10H,6,8,13H2,1-2H3,(H,15,16);1H/t9?,10-;/m0./s1. The number of nitrogens with one attached hydrogen (secondary N) is 1. The van der Waals surface area contributed by atoms with E-state index < -0.39 is 6.04 Å². The Hall–Kier alpha value is -0.780. The average Bonchev–Trinajstić information content (AvgIpc) is 2.36. The van der Waals surface area contributed by atoms with Crippen LogP contribution in [-0.2, 0) is 4.79 Å². The average molecular weight is 290 g/mol. The summed E-state index contributed by atoms with van der Waals surface area (Å²) >= 11 is 1.69. The number of pyridine rings is 1. The van der Waals surface area contributed by atoms with Crippen molar-refractivity contribution in [2.24, 2.45) is 5.73 Å². The van der Waals surface area contributed by atoms with Crippen molar-refractivity contribution in [1.82, 2.24) is 10.3 Å². The van der Waals surface area contributed by atoms with Crippen LogP contribution < -0.4 is 11.1 Å². The van der Waals surface area contributed by atoms with E-state index in [2.05, 4.69) is 10.3 Å². The number of carbonyl (C=O) groups is 1. The van der Waals surface area contributed by atoms with Crippen molar-refractivity contribution in [2.45, 2.75) is 25.4 Å². The molecule has 0 aliphatic carbocycles. The number of nitrogens with zero attached hydrogens (tertiary/aromatic N) is 1. The molecule has 102 valence electrons. The second kappa shape index (κ2) is 9.19. The van der Waals surface area contributed by atoms with Gasteiger partial charge in [-0.05, 0) is 37.5 Å². The van der Waals surface area contributed by atoms with Crippen LogP contribution in [0.5, 0.6) is 0 Å². The summed E-state index contributed by atoms with van der Waals surface area (Å²) in [6.07, 6.45) is 4.41. The maximum absolute atomic E-state index is 11.8. The first-order valence-electron chi connectivity index (χ1n) is 5.61. The van der Waals surface area contributed by atoms with Gasteiger partial charge in [0, 0.05) is 6.20 Å². The molecule has 0 aromatic carbocycles. The molecule has 1 unspecified atom stereocenters. The third-order valence-corrected chi connectivity index (χ3v) is 3.10. The number of aromatic nitrogens is 1. The van der Waals surface area contributed by atoms with Gasteiger partial charge in [-0.1, -0.05) is 6.07 Å². The largest absolute Gasteiger partial charge is 0.347 e. The lowest BCUT2D eigenvalue weighted by Crippen LogP contribution is -2.42. The van der Waals surface area contributed by atoms with E-state index in [1.165, 1.54) is 0 Å². The zero-order valence-corrected chi connectivity index (χ0v) is 12.3. The predicted octanol–water partition coefficient (Wildman–Crippen LogP) is 1.76. The van der Waals surface area contributed by atoms with Gasteiger partial charge in [0.1, 0.15) is 0 Å². The highest BCUT2D eigenvalue weighted by Crippen LogP contribution is 2.08. The molecule has 0 saturated heterocycles. The van der Waals surface area contributed by atoms with Gasteiger partial charge in [-0.2, -0.15) is 11.8 Å². The highest BCUT2D eigenvalue weighted by atomic mass is 35.5. The third kappa shape index (κ3) is 5.71. The van der Waals surface area contributed by atoms with Crippen LogP contribution in [0.4, 0.5) is 0 Å². The number of thioether (sulfide) groups is 1. The number of hydrogen-bond acceptors (Lipinski definition) is 4. The van der Waals surface area contributed by atoms with Crippen LogP contribution in [0.3, 0.4) is 0 Å². The van der Waals surface area contributed by atoms with Gasteiger partial charge in [-0.15, -0.1) is 12.4 Å². The van der Waals surface area contributed by atoms with Gasteiger partial charge >= 0.3 is 0 Å². The fraction of sp³-hybridized carbons (Fsp3) is 0.500. The Kier molecular flexibility index (Phi) is 8.79. The first kappa shape index (κ1) is 17.2. The van der Waals surface area contributed by atoms with Crippen molar-refractivity contribution in [3.05, 3.63) is 30.1 Å². The zero-order chi connectivity index (χ0) is 12.7. The molecular weight excluding hydrogens is 270 g/mol. The summed E-state index contributed by atoms with van der Waals surface area (Å²) in [5, 5.41) is 2.87. The van der Waals surface area contributed by atoms with Gasteiger partial charge in [-0.3, -0.25) is 9.78 Å². The second-order valence-corrected chi connectivity index (χ2v) is 4.86. The first-order valence-corrected chi connectivity index (χ1v) is 7.00. The summed E-state index contributed by atoms with van der Waals surface area (Å²) in [5.74, 6) is 0.782. The molecule has 0 aliphatic rings. The van der Waals surface area contributed by atoms with E-state index in [0.29, 0.717) is 6.42 Å². The molecule has 0 radical (unpaired) electrons. The van der Waals surface area contributed by atoms with Gasteiger partial charge in [0.15, 0.2) is 0 Å². The van der Waals surface area contributed by atoms with Gasteiger partial charge < -0.3 is 11.1 Å². The Morgan fingerprint density at radius 1 is 1.56 bits per heavy atom. The number of rotatable bonds is 6. The molecule has 0 saturated carbocycles. The lowest BCUT2D eigenvalue weighted by Gasteiger charge is -2.16. The van der Waals surface area contributed by atoms with Gasteiger partial charge in [-0.25, -0.2) is 0 Å². The quantitative estimate of drug-likeness (QED) is 0.837. The van der Waals surface area contributed by atoms with Crippen LogP contribution in [0.1, 0.15) is 25.1 Å². The Balaban J connectivity index is 0.00000289. The van der Waals surface area contributed by atoms with Crippen LogP contribution >= 0.6 is 24.2 Å². The molecule has 0 aliphatic heterocycles. The van der Waals surface area contributed by atoms with E-state index in [1.54, 1.807) is 18.0 Å². The van der Waals surface area contributed by atoms with E-state index in [4.69, 9.17) is 5.73 Å². The molecule has 6 heteroatoms. The summed E-state index contributed by atoms with van der Waals surface area (Å²) in [6, 6.07) is 5.09. The van der Waals surface area contributed by atoms with Crippen molar-refractivity contribution in [1.29, 1.82) is 0 Å². The minimum absolute atomic E-state index is 0. The SMILES string of the molecule is CSCC[C@H](N)C(=O)NC(C)c1ccccn1.Cl. The lowest BCUT2D eigenvalue weighted by atomic mass is 10.1. The Morgan fingerprint density at radius 2 is 2.28 bits per heavy atom. The summed E-state index contributed by atoms with van der Waals surface area (Å²) in [5.41, 5.74) is 6.63. The molecule has 1 heterocycles. The molecule has 0 bridgehead atoms. The molecular formula is C12H20ClN3OS. The highest BCUT2D eigenvalue weighted by Gasteiger charge is 2.16. The normalized spacial score (nSPS) is 13.3. The maximum atomic E-state index is 11.8. The Bertz CT molecular complexity index is 350. The number of carbonyl (C=O) groups excluding carboxylic acids is 1. The summed E-state index contributed by atoms with van der Waals surface area (Å²) in [4.78, 5) is 16.0. The van der Waals surface area contributed by atoms with Crippen LogP contribution in [0.25, 0.3) is 0 Å². The van der Waals surface area contributed by atoms with E-state index in [1.807, 2.05) is 31.4 Å². The topological polar surface area (TPSA) is 68.0 Å². The summed E-state index contributed by atoms with van der Waals surface area (Å²) in [6.45, 7) is 1.90. The van der Waals surface area contributed by atoms with E-state index in [0.717, 1.165) is 11.4 Å². The second-order valence-electron chi connectivity index (χ2n) is 3.87. The van der Waals surface area contributed by atoms with Crippen LogP contribution in [0.15, 0.2) is 24.4 Å². The summed E-state index contributed by atoms with van der Waals surface area (Å²) in [7, 11) is 0. The first-order chi connectivity index (χ1) is 8.15.